The van der Waals surface area contributed by atoms with Crippen LogP contribution in [0.1, 0.15) is 16.2 Å². The van der Waals surface area contributed by atoms with Crippen LogP contribution in [0, 0.1) is 0 Å². The molecule has 1 heterocycles. The molecule has 0 atom stereocenters. The average molecular weight is 196 g/mol. The smallest absolute Gasteiger partial charge is 0.354 e. The first-order valence-corrected chi connectivity index (χ1v) is 3.74. The molecule has 0 radical (unpaired) electrons. The SMILES string of the molecule is O=CNOCc1cccc(C(=O)O)n1. The molecule has 6 heteroatoms. The van der Waals surface area contributed by atoms with E-state index in [9.17, 15) is 9.59 Å². The topological polar surface area (TPSA) is 88.5 Å². The van der Waals surface area contributed by atoms with Crippen molar-refractivity contribution in [3.05, 3.63) is 29.6 Å². The van der Waals surface area contributed by atoms with Gasteiger partial charge in [0.25, 0.3) is 0 Å². The minimum atomic E-state index is -1.10. The van der Waals surface area contributed by atoms with E-state index in [1.54, 1.807) is 12.1 Å². The van der Waals surface area contributed by atoms with E-state index in [1.165, 1.54) is 6.07 Å². The molecule has 0 saturated carbocycles. The summed E-state index contributed by atoms with van der Waals surface area (Å²) in [6.07, 6.45) is 0.376. The summed E-state index contributed by atoms with van der Waals surface area (Å²) >= 11 is 0. The van der Waals surface area contributed by atoms with Crippen molar-refractivity contribution in [1.82, 2.24) is 10.5 Å². The first-order chi connectivity index (χ1) is 6.74. The Bertz CT molecular complexity index is 340. The second-order valence-corrected chi connectivity index (χ2v) is 2.34. The number of amides is 1. The van der Waals surface area contributed by atoms with Crippen LogP contribution in [0.4, 0.5) is 0 Å². The van der Waals surface area contributed by atoms with E-state index >= 15 is 0 Å². The molecule has 1 amide bonds. The number of pyridine rings is 1. The van der Waals surface area contributed by atoms with Crippen LogP contribution in [-0.2, 0) is 16.2 Å². The van der Waals surface area contributed by atoms with Crippen molar-refractivity contribution in [1.29, 1.82) is 0 Å². The lowest BCUT2D eigenvalue weighted by Crippen LogP contribution is -2.12. The normalized spacial score (nSPS) is 9.43. The highest BCUT2D eigenvalue weighted by Crippen LogP contribution is 2.00. The van der Waals surface area contributed by atoms with Crippen LogP contribution in [-0.4, -0.2) is 22.5 Å². The predicted octanol–water partition coefficient (Wildman–Crippen LogP) is -0.0426. The summed E-state index contributed by atoms with van der Waals surface area (Å²) in [7, 11) is 0. The lowest BCUT2D eigenvalue weighted by atomic mass is 10.3. The molecule has 0 fully saturated rings. The number of rotatable bonds is 5. The third kappa shape index (κ3) is 2.83. The van der Waals surface area contributed by atoms with Crippen molar-refractivity contribution in [2.24, 2.45) is 0 Å². The van der Waals surface area contributed by atoms with Crippen molar-refractivity contribution in [3.8, 4) is 0 Å². The number of hydrogen-bond acceptors (Lipinski definition) is 4. The number of hydroxylamine groups is 1. The lowest BCUT2D eigenvalue weighted by Gasteiger charge is -2.01. The van der Waals surface area contributed by atoms with Crippen molar-refractivity contribution in [2.75, 3.05) is 0 Å². The number of aromatic carboxylic acids is 1. The van der Waals surface area contributed by atoms with Crippen LogP contribution < -0.4 is 5.48 Å². The van der Waals surface area contributed by atoms with Crippen molar-refractivity contribution in [3.63, 3.8) is 0 Å². The van der Waals surface area contributed by atoms with E-state index in [0.717, 1.165) is 0 Å². The Kier molecular flexibility index (Phi) is 3.57. The largest absolute Gasteiger partial charge is 0.477 e. The summed E-state index contributed by atoms with van der Waals surface area (Å²) < 4.78 is 0. The standard InChI is InChI=1S/C8H8N2O4/c11-5-9-14-4-6-2-1-3-7(10-6)8(12)13/h1-3,5H,4H2,(H,9,11)(H,12,13). The molecule has 0 unspecified atom stereocenters. The van der Waals surface area contributed by atoms with E-state index in [-0.39, 0.29) is 12.3 Å². The number of hydrogen-bond donors (Lipinski definition) is 2. The van der Waals surface area contributed by atoms with Gasteiger partial charge >= 0.3 is 5.97 Å². The van der Waals surface area contributed by atoms with Crippen molar-refractivity contribution in [2.45, 2.75) is 6.61 Å². The molecule has 0 aliphatic carbocycles. The molecule has 14 heavy (non-hydrogen) atoms. The zero-order valence-electron chi connectivity index (χ0n) is 7.14. The highest BCUT2D eigenvalue weighted by atomic mass is 16.6. The molecule has 0 aromatic carbocycles. The summed E-state index contributed by atoms with van der Waals surface area (Å²) in [5.74, 6) is -1.10. The van der Waals surface area contributed by atoms with Gasteiger partial charge in [-0.25, -0.2) is 15.3 Å². The van der Waals surface area contributed by atoms with Gasteiger partial charge in [-0.2, -0.15) is 0 Å². The van der Waals surface area contributed by atoms with Gasteiger partial charge in [0, 0.05) is 0 Å². The zero-order valence-corrected chi connectivity index (χ0v) is 7.14. The molecule has 0 saturated heterocycles. The van der Waals surface area contributed by atoms with E-state index in [1.807, 2.05) is 5.48 Å². The Morgan fingerprint density at radius 3 is 3.07 bits per heavy atom. The third-order valence-corrected chi connectivity index (χ3v) is 1.38. The van der Waals surface area contributed by atoms with E-state index in [2.05, 4.69) is 9.82 Å². The highest BCUT2D eigenvalue weighted by Gasteiger charge is 2.04. The number of carboxylic acid groups (broad SMARTS) is 1. The fourth-order valence-electron chi connectivity index (χ4n) is 0.829. The van der Waals surface area contributed by atoms with Gasteiger partial charge in [-0.3, -0.25) is 9.63 Å². The second-order valence-electron chi connectivity index (χ2n) is 2.34. The molecule has 0 spiro atoms. The Morgan fingerprint density at radius 1 is 1.64 bits per heavy atom. The molecular weight excluding hydrogens is 188 g/mol. The van der Waals surface area contributed by atoms with E-state index in [4.69, 9.17) is 5.11 Å². The first kappa shape index (κ1) is 10.1. The first-order valence-electron chi connectivity index (χ1n) is 3.74. The van der Waals surface area contributed by atoms with Gasteiger partial charge in [0.1, 0.15) is 12.3 Å². The monoisotopic (exact) mass is 196 g/mol. The van der Waals surface area contributed by atoms with Crippen LogP contribution in [0.2, 0.25) is 0 Å². The maximum Gasteiger partial charge on any atom is 0.354 e. The molecule has 0 aliphatic rings. The maximum absolute atomic E-state index is 10.5. The van der Waals surface area contributed by atoms with Crippen LogP contribution in [0.25, 0.3) is 0 Å². The lowest BCUT2D eigenvalue weighted by molar-refractivity contribution is -0.121. The van der Waals surface area contributed by atoms with Crippen LogP contribution in [0.5, 0.6) is 0 Å². The highest BCUT2D eigenvalue weighted by molar-refractivity contribution is 5.85. The molecule has 2 N–H and O–H groups in total. The molecule has 74 valence electrons. The molecule has 0 bridgehead atoms. The maximum atomic E-state index is 10.5. The molecular formula is C8H8N2O4. The molecule has 0 aliphatic heterocycles. The van der Waals surface area contributed by atoms with Gasteiger partial charge in [-0.05, 0) is 12.1 Å². The van der Waals surface area contributed by atoms with Gasteiger partial charge in [-0.15, -0.1) is 0 Å². The molecule has 1 aromatic heterocycles. The summed E-state index contributed by atoms with van der Waals surface area (Å²) in [5.41, 5.74) is 2.35. The average Bonchev–Trinajstić information content (AvgIpc) is 2.19. The van der Waals surface area contributed by atoms with Crippen molar-refractivity contribution >= 4 is 12.4 Å². The van der Waals surface area contributed by atoms with Gasteiger partial charge in [0.05, 0.1) is 5.69 Å². The minimum absolute atomic E-state index is 0.0276. The van der Waals surface area contributed by atoms with Crippen LogP contribution in [0.3, 0.4) is 0 Å². The minimum Gasteiger partial charge on any atom is -0.477 e. The van der Waals surface area contributed by atoms with Gasteiger partial charge in [0.15, 0.2) is 0 Å². The summed E-state index contributed by atoms with van der Waals surface area (Å²) in [6.45, 7) is 0.0276. The van der Waals surface area contributed by atoms with Crippen molar-refractivity contribution < 1.29 is 19.5 Å². The number of carboxylic acids is 1. The molecule has 1 rings (SSSR count). The number of carbonyl (C=O) groups is 2. The Morgan fingerprint density at radius 2 is 2.43 bits per heavy atom. The summed E-state index contributed by atoms with van der Waals surface area (Å²) in [4.78, 5) is 28.7. The Hall–Kier alpha value is -1.95. The fourth-order valence-corrected chi connectivity index (χ4v) is 0.829. The Balaban J connectivity index is 2.63. The quantitative estimate of drug-likeness (QED) is 0.392. The van der Waals surface area contributed by atoms with E-state index < -0.39 is 5.97 Å². The molecule has 1 aromatic rings. The predicted molar refractivity (Wildman–Crippen MR) is 45.2 cm³/mol. The molecule has 6 nitrogen and oxygen atoms in total. The van der Waals surface area contributed by atoms with E-state index in [0.29, 0.717) is 12.1 Å². The summed E-state index contributed by atoms with van der Waals surface area (Å²) in [6, 6.07) is 4.52. The Labute approximate surface area is 79.5 Å². The summed E-state index contributed by atoms with van der Waals surface area (Å²) in [5, 5.41) is 8.61. The van der Waals surface area contributed by atoms with Gasteiger partial charge < -0.3 is 5.11 Å². The van der Waals surface area contributed by atoms with Gasteiger partial charge in [0.2, 0.25) is 6.41 Å². The zero-order chi connectivity index (χ0) is 10.4. The van der Waals surface area contributed by atoms with Gasteiger partial charge in [-0.1, -0.05) is 6.07 Å². The number of nitrogens with zero attached hydrogens (tertiary/aromatic N) is 1. The number of aromatic nitrogens is 1. The number of carbonyl (C=O) groups excluding carboxylic acids is 1. The fraction of sp³-hybridized carbons (Fsp3) is 0.125. The van der Waals surface area contributed by atoms with Crippen LogP contribution in [0.15, 0.2) is 18.2 Å². The number of nitrogens with one attached hydrogen (secondary N) is 1. The second kappa shape index (κ2) is 4.93. The third-order valence-electron chi connectivity index (χ3n) is 1.38. The van der Waals surface area contributed by atoms with Crippen LogP contribution >= 0.6 is 0 Å².